The van der Waals surface area contributed by atoms with Gasteiger partial charge in [0.15, 0.2) is 0 Å². The van der Waals surface area contributed by atoms with E-state index in [-0.39, 0.29) is 0 Å². The van der Waals surface area contributed by atoms with Crippen molar-refractivity contribution in [2.24, 2.45) is 11.7 Å². The number of rotatable bonds is 5. The minimum absolute atomic E-state index is 0.745. The van der Waals surface area contributed by atoms with Crippen molar-refractivity contribution in [1.82, 2.24) is 4.90 Å². The molecule has 84 valence electrons. The monoisotopic (exact) mass is 224 g/mol. The third-order valence-corrected chi connectivity index (χ3v) is 4.47. The third-order valence-electron chi connectivity index (χ3n) is 3.54. The molecule has 2 nitrogen and oxygen atoms in total. The lowest BCUT2D eigenvalue weighted by molar-refractivity contribution is 0.0909. The number of likely N-dealkylation sites (N-methyl/N-ethyl adjacent to an activating group) is 1. The number of hydrogen-bond acceptors (Lipinski definition) is 3. The summed E-state index contributed by atoms with van der Waals surface area (Å²) in [6.45, 7) is 2.02. The van der Waals surface area contributed by atoms with Gasteiger partial charge in [0.2, 0.25) is 0 Å². The predicted molar refractivity (Wildman–Crippen MR) is 66.2 cm³/mol. The van der Waals surface area contributed by atoms with Crippen molar-refractivity contribution in [2.45, 2.75) is 25.3 Å². The van der Waals surface area contributed by atoms with Gasteiger partial charge in [-0.2, -0.15) is 0 Å². The first-order chi connectivity index (χ1) is 7.31. The lowest BCUT2D eigenvalue weighted by Gasteiger charge is -2.42. The zero-order chi connectivity index (χ0) is 10.7. The van der Waals surface area contributed by atoms with Crippen molar-refractivity contribution >= 4 is 11.3 Å². The summed E-state index contributed by atoms with van der Waals surface area (Å²) >= 11 is 1.86. The molecule has 1 aromatic heterocycles. The van der Waals surface area contributed by atoms with E-state index >= 15 is 0 Å². The SMILES string of the molecule is CN(CCc1cccs1)C1CCC1CN. The minimum Gasteiger partial charge on any atom is -0.330 e. The van der Waals surface area contributed by atoms with Crippen molar-refractivity contribution in [3.63, 3.8) is 0 Å². The van der Waals surface area contributed by atoms with Crippen LogP contribution in [0.25, 0.3) is 0 Å². The minimum atomic E-state index is 0.745. The van der Waals surface area contributed by atoms with Gasteiger partial charge in [-0.15, -0.1) is 11.3 Å². The topological polar surface area (TPSA) is 29.3 Å². The fraction of sp³-hybridized carbons (Fsp3) is 0.667. The molecule has 1 heterocycles. The fourth-order valence-electron chi connectivity index (χ4n) is 2.31. The Labute approximate surface area is 96.1 Å². The summed E-state index contributed by atoms with van der Waals surface area (Å²) in [4.78, 5) is 3.98. The van der Waals surface area contributed by atoms with Crippen LogP contribution < -0.4 is 5.73 Å². The van der Waals surface area contributed by atoms with Gasteiger partial charge in [-0.25, -0.2) is 0 Å². The maximum Gasteiger partial charge on any atom is 0.0133 e. The molecule has 0 radical (unpaired) electrons. The van der Waals surface area contributed by atoms with Crippen LogP contribution in [0.4, 0.5) is 0 Å². The summed E-state index contributed by atoms with van der Waals surface area (Å²) in [5.41, 5.74) is 5.73. The van der Waals surface area contributed by atoms with Crippen molar-refractivity contribution in [3.8, 4) is 0 Å². The molecule has 2 rings (SSSR count). The molecule has 0 aromatic carbocycles. The van der Waals surface area contributed by atoms with Gasteiger partial charge in [-0.1, -0.05) is 6.07 Å². The molecule has 2 N–H and O–H groups in total. The van der Waals surface area contributed by atoms with E-state index in [0.717, 1.165) is 18.5 Å². The Morgan fingerprint density at radius 3 is 2.93 bits per heavy atom. The van der Waals surface area contributed by atoms with E-state index < -0.39 is 0 Å². The Balaban J connectivity index is 1.75. The summed E-state index contributed by atoms with van der Waals surface area (Å²) in [6, 6.07) is 5.10. The Morgan fingerprint density at radius 1 is 1.53 bits per heavy atom. The quantitative estimate of drug-likeness (QED) is 0.828. The highest BCUT2D eigenvalue weighted by Gasteiger charge is 2.32. The van der Waals surface area contributed by atoms with Gasteiger partial charge in [0.05, 0.1) is 0 Å². The molecular formula is C12H20N2S. The van der Waals surface area contributed by atoms with Crippen LogP contribution in [0.3, 0.4) is 0 Å². The Morgan fingerprint density at radius 2 is 2.40 bits per heavy atom. The zero-order valence-electron chi connectivity index (χ0n) is 9.36. The largest absolute Gasteiger partial charge is 0.330 e. The van der Waals surface area contributed by atoms with Crippen molar-refractivity contribution < 1.29 is 0 Å². The highest BCUT2D eigenvalue weighted by molar-refractivity contribution is 7.09. The van der Waals surface area contributed by atoms with Crippen molar-refractivity contribution in [2.75, 3.05) is 20.1 Å². The first-order valence-corrected chi connectivity index (χ1v) is 6.62. The Bertz CT molecular complexity index is 282. The molecule has 1 fully saturated rings. The van der Waals surface area contributed by atoms with Gasteiger partial charge in [0, 0.05) is 17.5 Å². The maximum absolute atomic E-state index is 5.73. The molecule has 2 atom stereocenters. The molecule has 1 aliphatic carbocycles. The second-order valence-corrected chi connectivity index (χ2v) is 5.48. The lowest BCUT2D eigenvalue weighted by atomic mass is 9.78. The van der Waals surface area contributed by atoms with E-state index in [1.165, 1.54) is 30.7 Å². The molecule has 2 unspecified atom stereocenters. The normalized spacial score (nSPS) is 25.5. The summed E-state index contributed by atoms with van der Waals surface area (Å²) in [6.07, 6.45) is 3.84. The van der Waals surface area contributed by atoms with E-state index in [1.54, 1.807) is 0 Å². The molecule has 0 bridgehead atoms. The number of hydrogen-bond donors (Lipinski definition) is 1. The molecule has 15 heavy (non-hydrogen) atoms. The van der Waals surface area contributed by atoms with Crippen molar-refractivity contribution in [3.05, 3.63) is 22.4 Å². The third kappa shape index (κ3) is 2.60. The maximum atomic E-state index is 5.73. The number of nitrogens with two attached hydrogens (primary N) is 1. The van der Waals surface area contributed by atoms with Gasteiger partial charge >= 0.3 is 0 Å². The summed E-state index contributed by atoms with van der Waals surface area (Å²) < 4.78 is 0. The second kappa shape index (κ2) is 5.10. The van der Waals surface area contributed by atoms with E-state index in [1.807, 2.05) is 11.3 Å². The standard InChI is InChI=1S/C12H20N2S/c1-14(12-5-4-10(12)9-13)7-6-11-3-2-8-15-11/h2-3,8,10,12H,4-7,9,13H2,1H3. The van der Waals surface area contributed by atoms with E-state index in [2.05, 4.69) is 29.5 Å². The summed E-state index contributed by atoms with van der Waals surface area (Å²) in [5, 5.41) is 2.15. The fourth-order valence-corrected chi connectivity index (χ4v) is 3.01. The van der Waals surface area contributed by atoms with E-state index in [4.69, 9.17) is 5.73 Å². The van der Waals surface area contributed by atoms with Gasteiger partial charge in [-0.05, 0) is 50.2 Å². The van der Waals surface area contributed by atoms with Crippen LogP contribution in [0.1, 0.15) is 17.7 Å². The predicted octanol–water partition coefficient (Wildman–Crippen LogP) is 1.96. The highest BCUT2D eigenvalue weighted by atomic mass is 32.1. The van der Waals surface area contributed by atoms with Crippen molar-refractivity contribution in [1.29, 1.82) is 0 Å². The van der Waals surface area contributed by atoms with Crippen LogP contribution in [0.15, 0.2) is 17.5 Å². The van der Waals surface area contributed by atoms with Crippen LogP contribution >= 0.6 is 11.3 Å². The van der Waals surface area contributed by atoms with Gasteiger partial charge in [-0.3, -0.25) is 0 Å². The average molecular weight is 224 g/mol. The molecule has 1 saturated carbocycles. The first-order valence-electron chi connectivity index (χ1n) is 5.74. The number of thiophene rings is 1. The Kier molecular flexibility index (Phi) is 3.78. The zero-order valence-corrected chi connectivity index (χ0v) is 10.2. The molecule has 0 spiro atoms. The molecule has 3 heteroatoms. The van der Waals surface area contributed by atoms with Crippen LogP contribution in [0, 0.1) is 5.92 Å². The lowest BCUT2D eigenvalue weighted by Crippen LogP contribution is -2.48. The van der Waals surface area contributed by atoms with Crippen LogP contribution in [-0.2, 0) is 6.42 Å². The van der Waals surface area contributed by atoms with Gasteiger partial charge in [0.25, 0.3) is 0 Å². The average Bonchev–Trinajstić information content (AvgIpc) is 2.66. The van der Waals surface area contributed by atoms with E-state index in [0.29, 0.717) is 0 Å². The molecule has 1 aliphatic rings. The van der Waals surface area contributed by atoms with Crippen LogP contribution in [0.2, 0.25) is 0 Å². The molecule has 1 aromatic rings. The smallest absolute Gasteiger partial charge is 0.0133 e. The molecule has 0 amide bonds. The summed E-state index contributed by atoms with van der Waals surface area (Å²) in [5.74, 6) is 0.748. The van der Waals surface area contributed by atoms with Crippen LogP contribution in [0.5, 0.6) is 0 Å². The highest BCUT2D eigenvalue weighted by Crippen LogP contribution is 2.30. The molecule has 0 saturated heterocycles. The number of nitrogens with zero attached hydrogens (tertiary/aromatic N) is 1. The van der Waals surface area contributed by atoms with Gasteiger partial charge < -0.3 is 10.6 Å². The van der Waals surface area contributed by atoms with E-state index in [9.17, 15) is 0 Å². The second-order valence-electron chi connectivity index (χ2n) is 4.45. The molecule has 0 aliphatic heterocycles. The van der Waals surface area contributed by atoms with Gasteiger partial charge in [0.1, 0.15) is 0 Å². The summed E-state index contributed by atoms with van der Waals surface area (Å²) in [7, 11) is 2.24. The first kappa shape index (κ1) is 11.1. The molecular weight excluding hydrogens is 204 g/mol. The Hall–Kier alpha value is -0.380. The van der Waals surface area contributed by atoms with Crippen LogP contribution in [-0.4, -0.2) is 31.1 Å².